The molecule has 0 saturated carbocycles. The Kier molecular flexibility index (Phi) is 5.15. The summed E-state index contributed by atoms with van der Waals surface area (Å²) in [5.41, 5.74) is 3.80. The van der Waals surface area contributed by atoms with Crippen molar-refractivity contribution >= 4 is 12.0 Å². The summed E-state index contributed by atoms with van der Waals surface area (Å²) in [4.78, 5) is 13.4. The maximum Gasteiger partial charge on any atom is 0.258 e. The lowest BCUT2D eigenvalue weighted by molar-refractivity contribution is -0.884. The number of hydrazine groups is 1. The summed E-state index contributed by atoms with van der Waals surface area (Å²) in [6, 6.07) is 7.62. The number of rotatable bonds is 4. The van der Waals surface area contributed by atoms with E-state index in [1.165, 1.54) is 4.90 Å². The van der Waals surface area contributed by atoms with E-state index >= 15 is 0 Å². The van der Waals surface area contributed by atoms with E-state index in [-0.39, 0.29) is 5.91 Å². The monoisotopic (exact) mass is 276 g/mol. The minimum absolute atomic E-state index is 0.101. The van der Waals surface area contributed by atoms with E-state index in [0.29, 0.717) is 0 Å². The molecule has 0 bridgehead atoms. The van der Waals surface area contributed by atoms with Gasteiger partial charge >= 0.3 is 0 Å². The SMILES string of the molecule is COc1ccccc1/C=C/C(=O)NN1CC[NH+](C)CC1. The van der Waals surface area contributed by atoms with Crippen molar-refractivity contribution in [3.63, 3.8) is 0 Å². The van der Waals surface area contributed by atoms with Gasteiger partial charge in [-0.1, -0.05) is 18.2 Å². The number of para-hydroxylation sites is 1. The second kappa shape index (κ2) is 7.07. The molecule has 1 fully saturated rings. The molecule has 0 aromatic heterocycles. The van der Waals surface area contributed by atoms with Crippen molar-refractivity contribution in [2.24, 2.45) is 0 Å². The molecule has 20 heavy (non-hydrogen) atoms. The van der Waals surface area contributed by atoms with Crippen molar-refractivity contribution in [2.75, 3.05) is 40.3 Å². The first kappa shape index (κ1) is 14.6. The quantitative estimate of drug-likeness (QED) is 0.734. The molecule has 1 aromatic rings. The van der Waals surface area contributed by atoms with Crippen LogP contribution in [0.4, 0.5) is 0 Å². The van der Waals surface area contributed by atoms with Crippen LogP contribution >= 0.6 is 0 Å². The molecular formula is C15H22N3O2+. The molecule has 1 saturated heterocycles. The highest BCUT2D eigenvalue weighted by Gasteiger charge is 2.17. The van der Waals surface area contributed by atoms with E-state index in [9.17, 15) is 4.79 Å². The van der Waals surface area contributed by atoms with E-state index in [1.54, 1.807) is 19.3 Å². The number of hydrogen-bond acceptors (Lipinski definition) is 3. The minimum Gasteiger partial charge on any atom is -0.496 e. The van der Waals surface area contributed by atoms with Crippen molar-refractivity contribution in [1.29, 1.82) is 0 Å². The van der Waals surface area contributed by atoms with Gasteiger partial charge in [0.2, 0.25) is 0 Å². The van der Waals surface area contributed by atoms with Gasteiger partial charge in [-0.05, 0) is 12.1 Å². The number of amides is 1. The summed E-state index contributed by atoms with van der Waals surface area (Å²) in [5, 5.41) is 1.97. The number of ether oxygens (including phenoxy) is 1. The van der Waals surface area contributed by atoms with Crippen LogP contribution in [-0.4, -0.2) is 51.3 Å². The Bertz CT molecular complexity index is 480. The summed E-state index contributed by atoms with van der Waals surface area (Å²) in [6.07, 6.45) is 3.32. The predicted octanol–water partition coefficient (Wildman–Crippen LogP) is -0.430. The molecule has 2 N–H and O–H groups in total. The smallest absolute Gasteiger partial charge is 0.258 e. The Hall–Kier alpha value is -1.85. The minimum atomic E-state index is -0.101. The maximum atomic E-state index is 11.9. The number of carbonyl (C=O) groups excluding carboxylic acids is 1. The summed E-state index contributed by atoms with van der Waals surface area (Å²) in [6.45, 7) is 3.88. The Labute approximate surface area is 119 Å². The Morgan fingerprint density at radius 2 is 2.05 bits per heavy atom. The molecule has 1 aliphatic rings. The van der Waals surface area contributed by atoms with E-state index in [4.69, 9.17) is 4.74 Å². The van der Waals surface area contributed by atoms with Crippen molar-refractivity contribution in [2.45, 2.75) is 0 Å². The fourth-order valence-electron chi connectivity index (χ4n) is 2.16. The Morgan fingerprint density at radius 1 is 1.35 bits per heavy atom. The number of carbonyl (C=O) groups is 1. The molecule has 0 aliphatic carbocycles. The molecule has 108 valence electrons. The van der Waals surface area contributed by atoms with Crippen molar-refractivity contribution < 1.29 is 14.4 Å². The third kappa shape index (κ3) is 4.08. The second-order valence-electron chi connectivity index (χ2n) is 5.00. The predicted molar refractivity (Wildman–Crippen MR) is 78.4 cm³/mol. The molecule has 1 aromatic carbocycles. The average molecular weight is 276 g/mol. The highest BCUT2D eigenvalue weighted by atomic mass is 16.5. The lowest BCUT2D eigenvalue weighted by atomic mass is 10.2. The number of nitrogens with zero attached hydrogens (tertiary/aromatic N) is 1. The molecule has 0 spiro atoms. The highest BCUT2D eigenvalue weighted by molar-refractivity contribution is 5.91. The number of hydrogen-bond donors (Lipinski definition) is 2. The van der Waals surface area contributed by atoms with Crippen LogP contribution in [0.1, 0.15) is 5.56 Å². The molecule has 0 unspecified atom stereocenters. The van der Waals surface area contributed by atoms with E-state index in [2.05, 4.69) is 12.5 Å². The van der Waals surface area contributed by atoms with Gasteiger partial charge in [0, 0.05) is 11.6 Å². The Morgan fingerprint density at radius 3 is 2.75 bits per heavy atom. The van der Waals surface area contributed by atoms with Gasteiger partial charge in [-0.3, -0.25) is 10.2 Å². The summed E-state index contributed by atoms with van der Waals surface area (Å²) in [5.74, 6) is 0.662. The van der Waals surface area contributed by atoms with Crippen LogP contribution in [0, 0.1) is 0 Å². The number of likely N-dealkylation sites (N-methyl/N-ethyl adjacent to an activating group) is 1. The van der Waals surface area contributed by atoms with Gasteiger partial charge < -0.3 is 9.64 Å². The van der Waals surface area contributed by atoms with Gasteiger partial charge in [-0.15, -0.1) is 0 Å². The van der Waals surface area contributed by atoms with Crippen LogP contribution in [-0.2, 0) is 4.79 Å². The number of quaternary nitrogens is 1. The molecule has 1 amide bonds. The van der Waals surface area contributed by atoms with Gasteiger partial charge in [-0.2, -0.15) is 0 Å². The lowest BCUT2D eigenvalue weighted by Gasteiger charge is -2.29. The van der Waals surface area contributed by atoms with Crippen LogP contribution in [0.3, 0.4) is 0 Å². The standard InChI is InChI=1S/C15H21N3O2/c1-17-9-11-18(12-10-17)16-15(19)8-7-13-5-3-4-6-14(13)20-2/h3-8H,9-12H2,1-2H3,(H,16,19)/p+1/b8-7+. The molecule has 5 nitrogen and oxygen atoms in total. The van der Waals surface area contributed by atoms with Crippen molar-refractivity contribution in [1.82, 2.24) is 10.4 Å². The molecule has 0 atom stereocenters. The molecule has 2 rings (SSSR count). The van der Waals surface area contributed by atoms with Gasteiger partial charge in [0.15, 0.2) is 0 Å². The third-order valence-corrected chi connectivity index (χ3v) is 3.44. The molecular weight excluding hydrogens is 254 g/mol. The van der Waals surface area contributed by atoms with Crippen LogP contribution in [0.2, 0.25) is 0 Å². The fraction of sp³-hybridized carbons (Fsp3) is 0.400. The summed E-state index contributed by atoms with van der Waals surface area (Å²) >= 11 is 0. The second-order valence-corrected chi connectivity index (χ2v) is 5.00. The summed E-state index contributed by atoms with van der Waals surface area (Å²) < 4.78 is 5.24. The normalized spacial score (nSPS) is 17.3. The average Bonchev–Trinajstić information content (AvgIpc) is 2.48. The van der Waals surface area contributed by atoms with Gasteiger partial charge in [0.05, 0.1) is 40.3 Å². The summed E-state index contributed by atoms with van der Waals surface area (Å²) in [7, 11) is 3.79. The molecule has 0 radical (unpaired) electrons. The van der Waals surface area contributed by atoms with Gasteiger partial charge in [0.1, 0.15) is 5.75 Å². The van der Waals surface area contributed by atoms with E-state index < -0.39 is 0 Å². The van der Waals surface area contributed by atoms with Crippen LogP contribution < -0.4 is 15.1 Å². The van der Waals surface area contributed by atoms with Gasteiger partial charge in [-0.25, -0.2) is 5.01 Å². The third-order valence-electron chi connectivity index (χ3n) is 3.44. The fourth-order valence-corrected chi connectivity index (χ4v) is 2.16. The topological polar surface area (TPSA) is 46.0 Å². The lowest BCUT2D eigenvalue weighted by Crippen LogP contribution is -3.12. The van der Waals surface area contributed by atoms with Crippen LogP contribution in [0.15, 0.2) is 30.3 Å². The number of piperazine rings is 1. The zero-order valence-electron chi connectivity index (χ0n) is 12.1. The molecule has 1 aliphatic heterocycles. The van der Waals surface area contributed by atoms with Crippen LogP contribution in [0.25, 0.3) is 6.08 Å². The van der Waals surface area contributed by atoms with E-state index in [1.807, 2.05) is 29.3 Å². The number of benzene rings is 1. The zero-order valence-corrected chi connectivity index (χ0v) is 12.1. The molecule has 1 heterocycles. The molecule has 5 heteroatoms. The van der Waals surface area contributed by atoms with Crippen molar-refractivity contribution in [3.05, 3.63) is 35.9 Å². The van der Waals surface area contributed by atoms with E-state index in [0.717, 1.165) is 37.5 Å². The highest BCUT2D eigenvalue weighted by Crippen LogP contribution is 2.18. The van der Waals surface area contributed by atoms with Crippen LogP contribution in [0.5, 0.6) is 5.75 Å². The first-order chi connectivity index (χ1) is 9.69. The first-order valence-corrected chi connectivity index (χ1v) is 6.87. The number of methoxy groups -OCH3 is 1. The zero-order chi connectivity index (χ0) is 14.4. The number of nitrogens with one attached hydrogen (secondary N) is 2. The maximum absolute atomic E-state index is 11.9. The largest absolute Gasteiger partial charge is 0.496 e. The first-order valence-electron chi connectivity index (χ1n) is 6.87. The van der Waals surface area contributed by atoms with Gasteiger partial charge in [0.25, 0.3) is 5.91 Å². The Balaban J connectivity index is 1.89. The van der Waals surface area contributed by atoms with Crippen molar-refractivity contribution in [3.8, 4) is 5.75 Å².